The monoisotopic (exact) mass is 303 g/mol. The molecule has 5 nitrogen and oxygen atoms in total. The molecule has 0 aliphatic rings. The van der Waals surface area contributed by atoms with Crippen molar-refractivity contribution < 1.29 is 22.8 Å². The van der Waals surface area contributed by atoms with E-state index in [1.54, 1.807) is 0 Å². The van der Waals surface area contributed by atoms with Crippen LogP contribution in [0, 0.1) is 0 Å². The first-order valence-electron chi connectivity index (χ1n) is 6.15. The average molecular weight is 303 g/mol. The maximum atomic E-state index is 12.9. The number of benzene rings is 1. The summed E-state index contributed by atoms with van der Waals surface area (Å²) in [5, 5.41) is 4.55. The molecule has 8 heteroatoms. The van der Waals surface area contributed by atoms with Crippen molar-refractivity contribution >= 4 is 11.9 Å². The summed E-state index contributed by atoms with van der Waals surface area (Å²) < 4.78 is 38.7. The van der Waals surface area contributed by atoms with Gasteiger partial charge < -0.3 is 5.73 Å². The van der Waals surface area contributed by atoms with E-state index < -0.39 is 35.8 Å². The summed E-state index contributed by atoms with van der Waals surface area (Å²) >= 11 is 0. The highest BCUT2D eigenvalue weighted by molar-refractivity contribution is 5.96. The van der Waals surface area contributed by atoms with Crippen molar-refractivity contribution in [3.05, 3.63) is 35.4 Å². The Morgan fingerprint density at radius 3 is 2.29 bits per heavy atom. The number of carbonyl (C=O) groups is 2. The number of carbonyl (C=O) groups excluding carboxylic acids is 2. The first-order valence-corrected chi connectivity index (χ1v) is 6.15. The summed E-state index contributed by atoms with van der Waals surface area (Å²) in [5.74, 6) is -0.709. The number of imide groups is 1. The fourth-order valence-electron chi connectivity index (χ4n) is 1.90. The summed E-state index contributed by atoms with van der Waals surface area (Å²) in [6.45, 7) is 2.92. The van der Waals surface area contributed by atoms with Gasteiger partial charge in [0, 0.05) is 6.04 Å². The van der Waals surface area contributed by atoms with Crippen molar-refractivity contribution in [2.45, 2.75) is 32.1 Å². The molecule has 0 bridgehead atoms. The lowest BCUT2D eigenvalue weighted by molar-refractivity contribution is -0.138. The molecule has 0 spiro atoms. The van der Waals surface area contributed by atoms with Crippen LogP contribution in [0.2, 0.25) is 0 Å². The number of urea groups is 1. The fraction of sp³-hybridized carbons (Fsp3) is 0.385. The maximum Gasteiger partial charge on any atom is 0.416 e. The number of hydrogen-bond donors (Lipinski definition) is 3. The number of rotatable bonds is 4. The van der Waals surface area contributed by atoms with Gasteiger partial charge in [0.1, 0.15) is 0 Å². The minimum absolute atomic E-state index is 0.0173. The van der Waals surface area contributed by atoms with Gasteiger partial charge >= 0.3 is 12.2 Å². The number of nitrogens with two attached hydrogens (primary N) is 1. The zero-order valence-electron chi connectivity index (χ0n) is 11.5. The van der Waals surface area contributed by atoms with Gasteiger partial charge in [0.05, 0.1) is 11.6 Å². The van der Waals surface area contributed by atoms with Gasteiger partial charge in [-0.25, -0.2) is 4.79 Å². The van der Waals surface area contributed by atoms with Crippen molar-refractivity contribution in [2.24, 2.45) is 5.73 Å². The van der Waals surface area contributed by atoms with E-state index in [-0.39, 0.29) is 5.56 Å². The second-order valence-corrected chi connectivity index (χ2v) is 4.55. The molecule has 0 aliphatic carbocycles. The predicted molar refractivity (Wildman–Crippen MR) is 70.2 cm³/mol. The summed E-state index contributed by atoms with van der Waals surface area (Å²) in [4.78, 5) is 22.1. The molecule has 3 amide bonds. The fourth-order valence-corrected chi connectivity index (χ4v) is 1.90. The van der Waals surface area contributed by atoms with E-state index in [0.29, 0.717) is 0 Å². The Balaban J connectivity index is 2.88. The molecule has 1 aromatic rings. The summed E-state index contributed by atoms with van der Waals surface area (Å²) in [5.41, 5.74) is 4.05. The molecule has 21 heavy (non-hydrogen) atoms. The number of alkyl halides is 3. The van der Waals surface area contributed by atoms with Crippen LogP contribution in [0.4, 0.5) is 18.0 Å². The quantitative estimate of drug-likeness (QED) is 0.794. The van der Waals surface area contributed by atoms with Gasteiger partial charge in [-0.15, -0.1) is 0 Å². The molecule has 4 N–H and O–H groups in total. The molecule has 0 saturated carbocycles. The summed E-state index contributed by atoms with van der Waals surface area (Å²) in [6.07, 6.45) is -4.48. The van der Waals surface area contributed by atoms with E-state index in [0.717, 1.165) is 6.07 Å². The van der Waals surface area contributed by atoms with Gasteiger partial charge in [0.25, 0.3) is 0 Å². The maximum absolute atomic E-state index is 12.9. The Hall–Kier alpha value is -2.09. The van der Waals surface area contributed by atoms with E-state index >= 15 is 0 Å². The first kappa shape index (κ1) is 17.0. The summed E-state index contributed by atoms with van der Waals surface area (Å²) in [7, 11) is 0. The van der Waals surface area contributed by atoms with E-state index in [4.69, 9.17) is 5.73 Å². The number of primary amides is 1. The Labute approximate surface area is 119 Å². The van der Waals surface area contributed by atoms with Gasteiger partial charge in [-0.05, 0) is 25.5 Å². The topological polar surface area (TPSA) is 84.2 Å². The Kier molecular flexibility index (Phi) is 5.31. The Bertz CT molecular complexity index is 532. The lowest BCUT2D eigenvalue weighted by atomic mass is 10.0. The molecule has 1 aromatic carbocycles. The highest BCUT2D eigenvalue weighted by Crippen LogP contribution is 2.34. The zero-order chi connectivity index (χ0) is 16.2. The molecular weight excluding hydrogens is 287 g/mol. The van der Waals surface area contributed by atoms with E-state index in [1.807, 2.05) is 5.32 Å². The van der Waals surface area contributed by atoms with Crippen LogP contribution in [0.5, 0.6) is 0 Å². The third-order valence-corrected chi connectivity index (χ3v) is 2.87. The standard InChI is InChI=1S/C13H16F3N3O2/c1-7(18-8(2)11(20)19-12(17)21)9-5-3-4-6-10(9)13(14,15)16/h3-8,18H,1-2H3,(H3,17,19,20,21)/t7-,8+/m1/s1. The second kappa shape index (κ2) is 6.57. The number of hydrogen-bond acceptors (Lipinski definition) is 3. The van der Waals surface area contributed by atoms with E-state index in [2.05, 4.69) is 5.32 Å². The van der Waals surface area contributed by atoms with Crippen molar-refractivity contribution in [1.29, 1.82) is 0 Å². The highest BCUT2D eigenvalue weighted by atomic mass is 19.4. The molecule has 2 atom stereocenters. The van der Waals surface area contributed by atoms with Gasteiger partial charge in [0.15, 0.2) is 0 Å². The molecule has 0 aromatic heterocycles. The number of nitrogens with one attached hydrogen (secondary N) is 2. The normalized spacial score (nSPS) is 14.3. The largest absolute Gasteiger partial charge is 0.416 e. The third-order valence-electron chi connectivity index (χ3n) is 2.87. The van der Waals surface area contributed by atoms with Crippen LogP contribution in [0.3, 0.4) is 0 Å². The Morgan fingerprint density at radius 1 is 1.19 bits per heavy atom. The number of amides is 3. The van der Waals surface area contributed by atoms with Crippen LogP contribution >= 0.6 is 0 Å². The van der Waals surface area contributed by atoms with Crippen LogP contribution in [0.1, 0.15) is 31.0 Å². The molecular formula is C13H16F3N3O2. The SMILES string of the molecule is C[C@H](N[C@H](C)c1ccccc1C(F)(F)F)C(=O)NC(N)=O. The van der Waals surface area contributed by atoms with E-state index in [9.17, 15) is 22.8 Å². The molecule has 0 fully saturated rings. The zero-order valence-corrected chi connectivity index (χ0v) is 11.5. The molecule has 0 heterocycles. The van der Waals surface area contributed by atoms with Crippen molar-refractivity contribution in [3.8, 4) is 0 Å². The molecule has 0 unspecified atom stereocenters. The predicted octanol–water partition coefficient (Wildman–Crippen LogP) is 1.94. The van der Waals surface area contributed by atoms with Crippen LogP contribution in [0.25, 0.3) is 0 Å². The van der Waals surface area contributed by atoms with Crippen LogP contribution < -0.4 is 16.4 Å². The molecule has 0 saturated heterocycles. The van der Waals surface area contributed by atoms with Crippen molar-refractivity contribution in [1.82, 2.24) is 10.6 Å². The smallest absolute Gasteiger partial charge is 0.351 e. The van der Waals surface area contributed by atoms with Crippen LogP contribution in [-0.4, -0.2) is 18.0 Å². The Morgan fingerprint density at radius 2 is 1.76 bits per heavy atom. The lowest BCUT2D eigenvalue weighted by Crippen LogP contribution is -2.47. The lowest BCUT2D eigenvalue weighted by Gasteiger charge is -2.22. The molecule has 1 rings (SSSR count). The minimum Gasteiger partial charge on any atom is -0.351 e. The van der Waals surface area contributed by atoms with Crippen molar-refractivity contribution in [2.75, 3.05) is 0 Å². The second-order valence-electron chi connectivity index (χ2n) is 4.55. The van der Waals surface area contributed by atoms with Gasteiger partial charge in [-0.1, -0.05) is 18.2 Å². The van der Waals surface area contributed by atoms with Gasteiger partial charge in [0.2, 0.25) is 5.91 Å². The molecule has 116 valence electrons. The molecule has 0 aliphatic heterocycles. The first-order chi connectivity index (χ1) is 9.62. The van der Waals surface area contributed by atoms with Gasteiger partial charge in [-0.2, -0.15) is 13.2 Å². The molecule has 0 radical (unpaired) electrons. The van der Waals surface area contributed by atoms with Crippen molar-refractivity contribution in [3.63, 3.8) is 0 Å². The van der Waals surface area contributed by atoms with Gasteiger partial charge in [-0.3, -0.25) is 15.4 Å². The summed E-state index contributed by atoms with van der Waals surface area (Å²) in [6, 6.07) is 2.45. The minimum atomic E-state index is -4.48. The third kappa shape index (κ3) is 4.75. The van der Waals surface area contributed by atoms with Crippen LogP contribution in [0.15, 0.2) is 24.3 Å². The highest BCUT2D eigenvalue weighted by Gasteiger charge is 2.34. The van der Waals surface area contributed by atoms with Crippen LogP contribution in [-0.2, 0) is 11.0 Å². The number of halogens is 3. The van der Waals surface area contributed by atoms with E-state index in [1.165, 1.54) is 32.0 Å². The average Bonchev–Trinajstić information content (AvgIpc) is 2.36.